The molecule has 1 aromatic carbocycles. The van der Waals surface area contributed by atoms with E-state index in [0.29, 0.717) is 11.4 Å². The number of hydrogen-bond donors (Lipinski definition) is 0. The van der Waals surface area contributed by atoms with Crippen LogP contribution in [0.5, 0.6) is 0 Å². The molecule has 0 spiro atoms. The highest BCUT2D eigenvalue weighted by Gasteiger charge is 2.21. The van der Waals surface area contributed by atoms with E-state index in [2.05, 4.69) is 21.4 Å². The molecule has 1 fully saturated rings. The van der Waals surface area contributed by atoms with Gasteiger partial charge in [-0.2, -0.15) is 0 Å². The summed E-state index contributed by atoms with van der Waals surface area (Å²) < 4.78 is 2.22. The zero-order valence-electron chi connectivity index (χ0n) is 14.7. The molecule has 0 unspecified atom stereocenters. The van der Waals surface area contributed by atoms with Crippen LogP contribution in [0.4, 0.5) is 0 Å². The molecule has 5 nitrogen and oxygen atoms in total. The standard InChI is InChI=1S/C19H25ClN4O/c1-2-18-21-7-8-23(18)12-9-22-10-13-24(14-11-22)19(25)15-16-5-3-4-6-17(16)20/h3-8H,2,9-15H2,1H3. The summed E-state index contributed by atoms with van der Waals surface area (Å²) in [5.41, 5.74) is 0.906. The van der Waals surface area contributed by atoms with Crippen molar-refractivity contribution in [2.75, 3.05) is 32.7 Å². The lowest BCUT2D eigenvalue weighted by Gasteiger charge is -2.35. The molecule has 0 bridgehead atoms. The number of halogens is 1. The quantitative estimate of drug-likeness (QED) is 0.794. The van der Waals surface area contributed by atoms with Crippen LogP contribution in [0.2, 0.25) is 5.02 Å². The van der Waals surface area contributed by atoms with Crippen LogP contribution in [0.25, 0.3) is 0 Å². The van der Waals surface area contributed by atoms with Gasteiger partial charge < -0.3 is 9.47 Å². The van der Waals surface area contributed by atoms with Gasteiger partial charge >= 0.3 is 0 Å². The van der Waals surface area contributed by atoms with Gasteiger partial charge in [-0.1, -0.05) is 36.7 Å². The number of amides is 1. The largest absolute Gasteiger partial charge is 0.340 e. The fraction of sp³-hybridized carbons (Fsp3) is 0.474. The molecule has 0 radical (unpaired) electrons. The van der Waals surface area contributed by atoms with Gasteiger partial charge in [0.2, 0.25) is 5.91 Å². The van der Waals surface area contributed by atoms with E-state index in [1.165, 1.54) is 0 Å². The molecule has 1 amide bonds. The second-order valence-corrected chi connectivity index (χ2v) is 6.79. The van der Waals surface area contributed by atoms with Crippen molar-refractivity contribution >= 4 is 17.5 Å². The molecule has 3 rings (SSSR count). The maximum absolute atomic E-state index is 12.5. The number of imidazole rings is 1. The monoisotopic (exact) mass is 360 g/mol. The molecule has 2 aromatic rings. The summed E-state index contributed by atoms with van der Waals surface area (Å²) in [6.45, 7) is 7.49. The molecule has 0 N–H and O–H groups in total. The number of aryl methyl sites for hydroxylation is 1. The zero-order chi connectivity index (χ0) is 17.6. The van der Waals surface area contributed by atoms with Crippen molar-refractivity contribution in [2.45, 2.75) is 26.3 Å². The van der Waals surface area contributed by atoms with Crippen LogP contribution in [0.3, 0.4) is 0 Å². The Morgan fingerprint density at radius 3 is 2.64 bits per heavy atom. The third kappa shape index (κ3) is 4.61. The molecule has 2 heterocycles. The van der Waals surface area contributed by atoms with E-state index in [-0.39, 0.29) is 5.91 Å². The Bertz CT molecular complexity index is 707. The van der Waals surface area contributed by atoms with Gasteiger partial charge in [-0.05, 0) is 11.6 Å². The van der Waals surface area contributed by atoms with Crippen molar-refractivity contribution in [1.82, 2.24) is 19.4 Å². The number of benzene rings is 1. The molecular formula is C19H25ClN4O. The van der Waals surface area contributed by atoms with E-state index in [0.717, 1.165) is 57.1 Å². The van der Waals surface area contributed by atoms with Gasteiger partial charge in [0.15, 0.2) is 0 Å². The van der Waals surface area contributed by atoms with Crippen LogP contribution in [-0.2, 0) is 24.2 Å². The topological polar surface area (TPSA) is 41.4 Å². The summed E-state index contributed by atoms with van der Waals surface area (Å²) in [5.74, 6) is 1.30. The number of piperazine rings is 1. The SMILES string of the molecule is CCc1nccn1CCN1CCN(C(=O)Cc2ccccc2Cl)CC1. The molecule has 0 aliphatic carbocycles. The molecular weight excluding hydrogens is 336 g/mol. The van der Waals surface area contributed by atoms with Crippen LogP contribution in [-0.4, -0.2) is 58.0 Å². The summed E-state index contributed by atoms with van der Waals surface area (Å²) in [4.78, 5) is 21.2. The Kier molecular flexibility index (Phi) is 6.10. The Balaban J connectivity index is 1.45. The van der Waals surface area contributed by atoms with E-state index >= 15 is 0 Å². The van der Waals surface area contributed by atoms with Gasteiger partial charge in [0.25, 0.3) is 0 Å². The van der Waals surface area contributed by atoms with Crippen molar-refractivity contribution in [3.8, 4) is 0 Å². The summed E-state index contributed by atoms with van der Waals surface area (Å²) in [6, 6.07) is 7.57. The average molecular weight is 361 g/mol. The highest BCUT2D eigenvalue weighted by atomic mass is 35.5. The maximum Gasteiger partial charge on any atom is 0.227 e. The lowest BCUT2D eigenvalue weighted by molar-refractivity contribution is -0.132. The fourth-order valence-electron chi connectivity index (χ4n) is 3.24. The number of hydrogen-bond acceptors (Lipinski definition) is 3. The Labute approximate surface area is 154 Å². The van der Waals surface area contributed by atoms with Crippen LogP contribution in [0, 0.1) is 0 Å². The first-order valence-electron chi connectivity index (χ1n) is 8.91. The fourth-order valence-corrected chi connectivity index (χ4v) is 3.45. The highest BCUT2D eigenvalue weighted by molar-refractivity contribution is 6.31. The zero-order valence-corrected chi connectivity index (χ0v) is 15.5. The number of aromatic nitrogens is 2. The van der Waals surface area contributed by atoms with Crippen molar-refractivity contribution in [3.05, 3.63) is 53.1 Å². The predicted octanol–water partition coefficient (Wildman–Crippen LogP) is 2.49. The minimum Gasteiger partial charge on any atom is -0.340 e. The van der Waals surface area contributed by atoms with Crippen molar-refractivity contribution in [1.29, 1.82) is 0 Å². The molecule has 1 saturated heterocycles. The van der Waals surface area contributed by atoms with Crippen LogP contribution in [0.15, 0.2) is 36.7 Å². The van der Waals surface area contributed by atoms with Gasteiger partial charge in [0.05, 0.1) is 6.42 Å². The first-order valence-corrected chi connectivity index (χ1v) is 9.28. The third-order valence-corrected chi connectivity index (χ3v) is 5.17. The first kappa shape index (κ1) is 18.0. The summed E-state index contributed by atoms with van der Waals surface area (Å²) >= 11 is 6.16. The Morgan fingerprint density at radius 1 is 1.16 bits per heavy atom. The summed E-state index contributed by atoms with van der Waals surface area (Å²) in [6.07, 6.45) is 5.25. The molecule has 0 saturated carbocycles. The van der Waals surface area contributed by atoms with Gasteiger partial charge in [-0.25, -0.2) is 4.98 Å². The Hall–Kier alpha value is -1.85. The minimum absolute atomic E-state index is 0.163. The first-order chi connectivity index (χ1) is 12.2. The van der Waals surface area contributed by atoms with E-state index in [1.807, 2.05) is 41.6 Å². The second kappa shape index (κ2) is 8.50. The predicted molar refractivity (Wildman–Crippen MR) is 99.8 cm³/mol. The smallest absolute Gasteiger partial charge is 0.227 e. The maximum atomic E-state index is 12.5. The van der Waals surface area contributed by atoms with E-state index < -0.39 is 0 Å². The van der Waals surface area contributed by atoms with Crippen LogP contribution < -0.4 is 0 Å². The van der Waals surface area contributed by atoms with Gasteiger partial charge in [0, 0.05) is 63.1 Å². The van der Waals surface area contributed by atoms with Crippen LogP contribution in [0.1, 0.15) is 18.3 Å². The minimum atomic E-state index is 0.163. The summed E-state index contributed by atoms with van der Waals surface area (Å²) in [5, 5.41) is 0.668. The van der Waals surface area contributed by atoms with Crippen molar-refractivity contribution in [3.63, 3.8) is 0 Å². The molecule has 0 atom stereocenters. The van der Waals surface area contributed by atoms with E-state index in [4.69, 9.17) is 11.6 Å². The molecule has 134 valence electrons. The molecule has 25 heavy (non-hydrogen) atoms. The van der Waals surface area contributed by atoms with Gasteiger partial charge in [0.1, 0.15) is 5.82 Å². The third-order valence-electron chi connectivity index (χ3n) is 4.80. The molecule has 6 heteroatoms. The lowest BCUT2D eigenvalue weighted by Crippen LogP contribution is -2.49. The molecule has 1 aromatic heterocycles. The molecule has 1 aliphatic rings. The second-order valence-electron chi connectivity index (χ2n) is 6.38. The normalized spacial score (nSPS) is 15.5. The van der Waals surface area contributed by atoms with Crippen molar-refractivity contribution < 1.29 is 4.79 Å². The average Bonchev–Trinajstić information content (AvgIpc) is 3.10. The van der Waals surface area contributed by atoms with E-state index in [1.54, 1.807) is 0 Å². The van der Waals surface area contributed by atoms with Gasteiger partial charge in [-0.3, -0.25) is 9.69 Å². The van der Waals surface area contributed by atoms with Crippen molar-refractivity contribution in [2.24, 2.45) is 0 Å². The number of rotatable bonds is 6. The number of carbonyl (C=O) groups is 1. The summed E-state index contributed by atoms with van der Waals surface area (Å²) in [7, 11) is 0. The number of carbonyl (C=O) groups excluding carboxylic acids is 1. The highest BCUT2D eigenvalue weighted by Crippen LogP contribution is 2.16. The van der Waals surface area contributed by atoms with Gasteiger partial charge in [-0.15, -0.1) is 0 Å². The number of nitrogens with zero attached hydrogens (tertiary/aromatic N) is 4. The lowest BCUT2D eigenvalue weighted by atomic mass is 10.1. The van der Waals surface area contributed by atoms with E-state index in [9.17, 15) is 4.79 Å². The molecule has 1 aliphatic heterocycles. The Morgan fingerprint density at radius 2 is 1.92 bits per heavy atom. The van der Waals surface area contributed by atoms with Crippen LogP contribution >= 0.6 is 11.6 Å².